The van der Waals surface area contributed by atoms with E-state index in [1.54, 1.807) is 0 Å². The number of carboxylic acids is 1. The van der Waals surface area contributed by atoms with Gasteiger partial charge in [-0.2, -0.15) is 0 Å². The van der Waals surface area contributed by atoms with Crippen LogP contribution in [0.1, 0.15) is 51.1 Å². The molecule has 1 aliphatic heterocycles. The lowest BCUT2D eigenvalue weighted by atomic mass is 9.95. The Labute approximate surface area is 126 Å². The smallest absolute Gasteiger partial charge is 0.304 e. The quantitative estimate of drug-likeness (QED) is 0.872. The summed E-state index contributed by atoms with van der Waals surface area (Å²) in [5.41, 5.74) is 1.22. The van der Waals surface area contributed by atoms with Crippen molar-refractivity contribution in [3.8, 4) is 5.75 Å². The standard InChI is InChI=1S/C17H25NO3/c1-3-21-16-9-7-14(8-10-16)13(2)18-11-5-4-6-15(18)12-17(19)20/h7-10,13,15H,3-6,11-12H2,1-2H3,(H,19,20). The third-order valence-corrected chi connectivity index (χ3v) is 4.25. The first kappa shape index (κ1) is 15.8. The zero-order valence-electron chi connectivity index (χ0n) is 12.9. The van der Waals surface area contributed by atoms with Crippen molar-refractivity contribution in [3.05, 3.63) is 29.8 Å². The number of likely N-dealkylation sites (tertiary alicyclic amines) is 1. The molecule has 1 N–H and O–H groups in total. The van der Waals surface area contributed by atoms with E-state index in [1.165, 1.54) is 5.56 Å². The third kappa shape index (κ3) is 4.21. The molecule has 2 rings (SSSR count). The number of carboxylic acid groups (broad SMARTS) is 1. The van der Waals surface area contributed by atoms with Crippen LogP contribution >= 0.6 is 0 Å². The molecule has 1 aliphatic rings. The molecule has 1 aromatic carbocycles. The van der Waals surface area contributed by atoms with Crippen molar-refractivity contribution < 1.29 is 14.6 Å². The van der Waals surface area contributed by atoms with Crippen LogP contribution in [0.25, 0.3) is 0 Å². The summed E-state index contributed by atoms with van der Waals surface area (Å²) in [6.45, 7) is 5.78. The topological polar surface area (TPSA) is 49.8 Å². The summed E-state index contributed by atoms with van der Waals surface area (Å²) >= 11 is 0. The van der Waals surface area contributed by atoms with Gasteiger partial charge >= 0.3 is 5.97 Å². The van der Waals surface area contributed by atoms with Gasteiger partial charge in [0.15, 0.2) is 0 Å². The number of benzene rings is 1. The Balaban J connectivity index is 2.08. The van der Waals surface area contributed by atoms with Gasteiger partial charge in [0.1, 0.15) is 5.75 Å². The summed E-state index contributed by atoms with van der Waals surface area (Å²) in [6.07, 6.45) is 3.50. The molecule has 0 aromatic heterocycles. The van der Waals surface area contributed by atoms with Crippen LogP contribution in [0, 0.1) is 0 Å². The van der Waals surface area contributed by atoms with Gasteiger partial charge in [-0.3, -0.25) is 9.69 Å². The number of ether oxygens (including phenoxy) is 1. The SMILES string of the molecule is CCOc1ccc(C(C)N2CCCCC2CC(=O)O)cc1. The number of hydrogen-bond acceptors (Lipinski definition) is 3. The molecule has 21 heavy (non-hydrogen) atoms. The van der Waals surface area contributed by atoms with E-state index in [2.05, 4.69) is 24.0 Å². The van der Waals surface area contributed by atoms with Gasteiger partial charge in [0, 0.05) is 12.1 Å². The highest BCUT2D eigenvalue weighted by Crippen LogP contribution is 2.30. The molecule has 1 saturated heterocycles. The lowest BCUT2D eigenvalue weighted by molar-refractivity contribution is -0.139. The number of nitrogens with zero attached hydrogens (tertiary/aromatic N) is 1. The molecule has 0 bridgehead atoms. The Hall–Kier alpha value is -1.55. The normalized spacial score (nSPS) is 21.0. The lowest BCUT2D eigenvalue weighted by Crippen LogP contribution is -2.42. The summed E-state index contributed by atoms with van der Waals surface area (Å²) < 4.78 is 5.47. The van der Waals surface area contributed by atoms with Gasteiger partial charge in [-0.05, 0) is 50.9 Å². The summed E-state index contributed by atoms with van der Waals surface area (Å²) in [5, 5.41) is 9.09. The number of piperidine rings is 1. The first-order valence-corrected chi connectivity index (χ1v) is 7.82. The average Bonchev–Trinajstić information content (AvgIpc) is 2.48. The fraction of sp³-hybridized carbons (Fsp3) is 0.588. The van der Waals surface area contributed by atoms with Crippen molar-refractivity contribution in [2.75, 3.05) is 13.2 Å². The molecule has 0 aliphatic carbocycles. The molecule has 1 fully saturated rings. The summed E-state index contributed by atoms with van der Waals surface area (Å²) in [7, 11) is 0. The zero-order chi connectivity index (χ0) is 15.2. The number of carbonyl (C=O) groups is 1. The number of aliphatic carboxylic acids is 1. The first-order chi connectivity index (χ1) is 10.1. The van der Waals surface area contributed by atoms with Crippen LogP contribution in [-0.2, 0) is 4.79 Å². The highest BCUT2D eigenvalue weighted by atomic mass is 16.5. The predicted octanol–water partition coefficient (Wildman–Crippen LogP) is 3.48. The van der Waals surface area contributed by atoms with E-state index in [9.17, 15) is 4.79 Å². The van der Waals surface area contributed by atoms with E-state index in [0.29, 0.717) is 6.61 Å². The number of rotatable bonds is 6. The molecule has 1 aromatic rings. The Morgan fingerprint density at radius 1 is 1.38 bits per heavy atom. The zero-order valence-corrected chi connectivity index (χ0v) is 12.9. The van der Waals surface area contributed by atoms with Gasteiger partial charge in [-0.25, -0.2) is 0 Å². The second kappa shape index (κ2) is 7.46. The van der Waals surface area contributed by atoms with Crippen molar-refractivity contribution in [2.24, 2.45) is 0 Å². The molecular formula is C17H25NO3. The van der Waals surface area contributed by atoms with E-state index < -0.39 is 5.97 Å². The van der Waals surface area contributed by atoms with Gasteiger partial charge in [-0.1, -0.05) is 18.6 Å². The molecule has 0 saturated carbocycles. The van der Waals surface area contributed by atoms with Crippen molar-refractivity contribution >= 4 is 5.97 Å². The molecule has 1 heterocycles. The van der Waals surface area contributed by atoms with E-state index in [4.69, 9.17) is 9.84 Å². The van der Waals surface area contributed by atoms with E-state index in [0.717, 1.165) is 31.6 Å². The van der Waals surface area contributed by atoms with Crippen LogP contribution in [-0.4, -0.2) is 35.2 Å². The molecule has 2 unspecified atom stereocenters. The Kier molecular flexibility index (Phi) is 5.62. The predicted molar refractivity (Wildman–Crippen MR) is 82.6 cm³/mol. The first-order valence-electron chi connectivity index (χ1n) is 7.82. The number of hydrogen-bond donors (Lipinski definition) is 1. The van der Waals surface area contributed by atoms with Crippen LogP contribution in [0.2, 0.25) is 0 Å². The fourth-order valence-corrected chi connectivity index (χ4v) is 3.15. The van der Waals surface area contributed by atoms with Gasteiger partial charge in [0.2, 0.25) is 0 Å². The molecule has 4 nitrogen and oxygen atoms in total. The summed E-state index contributed by atoms with van der Waals surface area (Å²) in [5.74, 6) is 0.181. The molecule has 0 amide bonds. The maximum atomic E-state index is 11.0. The lowest BCUT2D eigenvalue weighted by Gasteiger charge is -2.39. The van der Waals surface area contributed by atoms with Gasteiger partial charge in [-0.15, -0.1) is 0 Å². The Morgan fingerprint density at radius 2 is 2.10 bits per heavy atom. The largest absolute Gasteiger partial charge is 0.494 e. The van der Waals surface area contributed by atoms with Crippen molar-refractivity contribution in [1.29, 1.82) is 0 Å². The molecule has 116 valence electrons. The highest BCUT2D eigenvalue weighted by Gasteiger charge is 2.28. The molecule has 2 atom stereocenters. The fourth-order valence-electron chi connectivity index (χ4n) is 3.15. The van der Waals surface area contributed by atoms with Crippen molar-refractivity contribution in [1.82, 2.24) is 4.90 Å². The Bertz CT molecular complexity index is 458. The minimum Gasteiger partial charge on any atom is -0.494 e. The van der Waals surface area contributed by atoms with Crippen LogP contribution < -0.4 is 4.74 Å². The summed E-state index contributed by atoms with van der Waals surface area (Å²) in [4.78, 5) is 13.4. The van der Waals surface area contributed by atoms with Crippen LogP contribution in [0.3, 0.4) is 0 Å². The second-order valence-corrected chi connectivity index (χ2v) is 5.66. The third-order valence-electron chi connectivity index (χ3n) is 4.25. The van der Waals surface area contributed by atoms with Gasteiger partial charge in [0.05, 0.1) is 13.0 Å². The van der Waals surface area contributed by atoms with E-state index in [-0.39, 0.29) is 18.5 Å². The van der Waals surface area contributed by atoms with Gasteiger partial charge in [0.25, 0.3) is 0 Å². The Morgan fingerprint density at radius 3 is 2.71 bits per heavy atom. The van der Waals surface area contributed by atoms with E-state index >= 15 is 0 Å². The van der Waals surface area contributed by atoms with Crippen LogP contribution in [0.5, 0.6) is 5.75 Å². The minimum atomic E-state index is -0.703. The molecule has 4 heteroatoms. The van der Waals surface area contributed by atoms with E-state index in [1.807, 2.05) is 19.1 Å². The van der Waals surface area contributed by atoms with Gasteiger partial charge < -0.3 is 9.84 Å². The average molecular weight is 291 g/mol. The molecule has 0 spiro atoms. The molecule has 0 radical (unpaired) electrons. The monoisotopic (exact) mass is 291 g/mol. The highest BCUT2D eigenvalue weighted by molar-refractivity contribution is 5.67. The summed E-state index contributed by atoms with van der Waals surface area (Å²) in [6, 6.07) is 8.55. The van der Waals surface area contributed by atoms with Crippen LogP contribution in [0.4, 0.5) is 0 Å². The maximum absolute atomic E-state index is 11.0. The minimum absolute atomic E-state index is 0.151. The van der Waals surface area contributed by atoms with Crippen molar-refractivity contribution in [2.45, 2.75) is 51.6 Å². The van der Waals surface area contributed by atoms with Crippen molar-refractivity contribution in [3.63, 3.8) is 0 Å². The second-order valence-electron chi connectivity index (χ2n) is 5.66. The maximum Gasteiger partial charge on any atom is 0.304 e. The van der Waals surface area contributed by atoms with Crippen LogP contribution in [0.15, 0.2) is 24.3 Å². The molecular weight excluding hydrogens is 266 g/mol.